The number of aromatic nitrogens is 1. The number of hydrogen-bond donors (Lipinski definition) is 0. The van der Waals surface area contributed by atoms with Crippen molar-refractivity contribution in [2.75, 3.05) is 12.0 Å². The summed E-state index contributed by atoms with van der Waals surface area (Å²) >= 11 is 0. The molecule has 1 atom stereocenters. The summed E-state index contributed by atoms with van der Waals surface area (Å²) < 4.78 is 7.40. The summed E-state index contributed by atoms with van der Waals surface area (Å²) in [6.07, 6.45) is 3.94. The van der Waals surface area contributed by atoms with Crippen LogP contribution in [-0.4, -0.2) is 23.5 Å². The summed E-state index contributed by atoms with van der Waals surface area (Å²) in [5.41, 5.74) is 2.40. The van der Waals surface area contributed by atoms with Gasteiger partial charge in [0.1, 0.15) is 5.75 Å². The van der Waals surface area contributed by atoms with Crippen LogP contribution in [0.1, 0.15) is 17.9 Å². The van der Waals surface area contributed by atoms with Gasteiger partial charge in [-0.15, -0.1) is 6.58 Å². The molecule has 0 spiro atoms. The number of allylic oxidation sites excluding steroid dienone is 1. The second kappa shape index (κ2) is 6.76. The van der Waals surface area contributed by atoms with Gasteiger partial charge in [0.25, 0.3) is 0 Å². The smallest absolute Gasteiger partial charge is 0.242 e. The first-order valence-electron chi connectivity index (χ1n) is 8.84. The molecule has 0 bridgehead atoms. The van der Waals surface area contributed by atoms with Gasteiger partial charge in [0.05, 0.1) is 18.7 Å². The average Bonchev–Trinajstić information content (AvgIpc) is 3.19. The number of anilines is 1. The fraction of sp³-hybridized carbons (Fsp3) is 0.182. The molecule has 1 aromatic heterocycles. The van der Waals surface area contributed by atoms with Crippen molar-refractivity contribution in [3.05, 3.63) is 72.9 Å². The van der Waals surface area contributed by atoms with E-state index >= 15 is 0 Å². The Kier molecular flexibility index (Phi) is 4.28. The molecule has 3 aromatic rings. The molecule has 1 aliphatic heterocycles. The first-order valence-corrected chi connectivity index (χ1v) is 8.84. The van der Waals surface area contributed by atoms with Gasteiger partial charge in [0, 0.05) is 30.1 Å². The van der Waals surface area contributed by atoms with Crippen molar-refractivity contribution in [2.45, 2.75) is 18.9 Å². The van der Waals surface area contributed by atoms with Crippen molar-refractivity contribution in [2.24, 2.45) is 0 Å². The lowest BCUT2D eigenvalue weighted by Gasteiger charge is -2.17. The number of carbonyl (C=O) groups excluding carboxylic acids is 2. The van der Waals surface area contributed by atoms with Gasteiger partial charge in [-0.25, -0.2) is 4.90 Å². The quantitative estimate of drug-likeness (QED) is 0.512. The fourth-order valence-corrected chi connectivity index (χ4v) is 3.79. The molecule has 0 radical (unpaired) electrons. The Hall–Kier alpha value is -3.34. The Bertz CT molecular complexity index is 1050. The van der Waals surface area contributed by atoms with Gasteiger partial charge in [-0.3, -0.25) is 9.59 Å². The SMILES string of the molecule is C=CCn1cc([C@H]2CC(=O)N(c3ccccc3OC)C2=O)c2ccccc21. The number of fused-ring (bicyclic) bond motifs is 1. The molecule has 1 fully saturated rings. The normalized spacial score (nSPS) is 16.9. The van der Waals surface area contributed by atoms with Crippen molar-refractivity contribution < 1.29 is 14.3 Å². The van der Waals surface area contributed by atoms with E-state index in [0.29, 0.717) is 18.0 Å². The number of benzene rings is 2. The van der Waals surface area contributed by atoms with Crippen molar-refractivity contribution in [3.63, 3.8) is 0 Å². The maximum atomic E-state index is 13.2. The molecule has 5 heteroatoms. The van der Waals surface area contributed by atoms with Gasteiger partial charge in [-0.05, 0) is 23.8 Å². The number of ether oxygens (including phenoxy) is 1. The highest BCUT2D eigenvalue weighted by Crippen LogP contribution is 2.40. The molecule has 2 amide bonds. The Morgan fingerprint density at radius 2 is 1.89 bits per heavy atom. The van der Waals surface area contributed by atoms with Crippen LogP contribution in [0, 0.1) is 0 Å². The summed E-state index contributed by atoms with van der Waals surface area (Å²) in [5, 5.41) is 0.993. The third-order valence-corrected chi connectivity index (χ3v) is 4.99. The molecular formula is C22H20N2O3. The van der Waals surface area contributed by atoms with E-state index < -0.39 is 5.92 Å². The molecule has 1 saturated heterocycles. The van der Waals surface area contributed by atoms with Crippen molar-refractivity contribution in [1.82, 2.24) is 4.57 Å². The number of imide groups is 1. The highest BCUT2D eigenvalue weighted by Gasteiger charge is 2.42. The number of para-hydroxylation sites is 3. The second-order valence-electron chi connectivity index (χ2n) is 6.54. The molecule has 0 aliphatic carbocycles. The molecule has 4 rings (SSSR count). The van der Waals surface area contributed by atoms with E-state index in [-0.39, 0.29) is 18.2 Å². The predicted octanol–water partition coefficient (Wildman–Crippen LogP) is 3.88. The summed E-state index contributed by atoms with van der Waals surface area (Å²) in [4.78, 5) is 27.2. The fourth-order valence-electron chi connectivity index (χ4n) is 3.79. The van der Waals surface area contributed by atoms with E-state index in [4.69, 9.17) is 4.74 Å². The third kappa shape index (κ3) is 2.72. The van der Waals surface area contributed by atoms with Gasteiger partial charge < -0.3 is 9.30 Å². The predicted molar refractivity (Wildman–Crippen MR) is 105 cm³/mol. The number of carbonyl (C=O) groups is 2. The molecule has 136 valence electrons. The lowest BCUT2D eigenvalue weighted by molar-refractivity contribution is -0.121. The van der Waals surface area contributed by atoms with E-state index in [1.54, 1.807) is 18.2 Å². The first-order chi connectivity index (χ1) is 13.2. The highest BCUT2D eigenvalue weighted by atomic mass is 16.5. The monoisotopic (exact) mass is 360 g/mol. The van der Waals surface area contributed by atoms with Crippen LogP contribution >= 0.6 is 0 Å². The lowest BCUT2D eigenvalue weighted by Crippen LogP contribution is -2.30. The van der Waals surface area contributed by atoms with Crippen molar-refractivity contribution >= 4 is 28.4 Å². The van der Waals surface area contributed by atoms with Gasteiger partial charge in [-0.2, -0.15) is 0 Å². The zero-order chi connectivity index (χ0) is 19.0. The minimum absolute atomic E-state index is 0.152. The first kappa shape index (κ1) is 17.1. The summed E-state index contributed by atoms with van der Waals surface area (Å²) in [5.74, 6) is -0.423. The molecule has 0 N–H and O–H groups in total. The number of methoxy groups -OCH3 is 1. The largest absolute Gasteiger partial charge is 0.495 e. The van der Waals surface area contributed by atoms with Crippen LogP contribution in [0.2, 0.25) is 0 Å². The molecule has 0 saturated carbocycles. The van der Waals surface area contributed by atoms with Crippen LogP contribution in [0.3, 0.4) is 0 Å². The Balaban J connectivity index is 1.79. The molecule has 0 unspecified atom stereocenters. The van der Waals surface area contributed by atoms with Crippen LogP contribution in [0.25, 0.3) is 10.9 Å². The summed E-state index contributed by atoms with van der Waals surface area (Å²) in [7, 11) is 1.53. The Morgan fingerprint density at radius 1 is 1.15 bits per heavy atom. The van der Waals surface area contributed by atoms with Gasteiger partial charge in [0.15, 0.2) is 0 Å². The zero-order valence-corrected chi connectivity index (χ0v) is 15.1. The van der Waals surface area contributed by atoms with E-state index in [1.165, 1.54) is 12.0 Å². The standard InChI is InChI=1S/C22H20N2O3/c1-3-12-23-14-17(15-8-4-5-9-18(15)23)16-13-21(25)24(22(16)26)19-10-6-7-11-20(19)27-2/h3-11,14,16H,1,12-13H2,2H3/t16-/m1/s1. The Labute approximate surface area is 157 Å². The lowest BCUT2D eigenvalue weighted by atomic mass is 9.97. The van der Waals surface area contributed by atoms with Crippen molar-refractivity contribution in [1.29, 1.82) is 0 Å². The number of nitrogens with zero attached hydrogens (tertiary/aromatic N) is 2. The molecule has 2 heterocycles. The third-order valence-electron chi connectivity index (χ3n) is 4.99. The van der Waals surface area contributed by atoms with Gasteiger partial charge in [-0.1, -0.05) is 36.4 Å². The minimum atomic E-state index is -0.502. The molecule has 1 aliphatic rings. The maximum Gasteiger partial charge on any atom is 0.242 e. The number of amides is 2. The summed E-state index contributed by atoms with van der Waals surface area (Å²) in [6, 6.07) is 15.0. The minimum Gasteiger partial charge on any atom is -0.495 e. The zero-order valence-electron chi connectivity index (χ0n) is 15.1. The van der Waals surface area contributed by atoms with Crippen LogP contribution in [-0.2, 0) is 16.1 Å². The van der Waals surface area contributed by atoms with Crippen LogP contribution < -0.4 is 9.64 Å². The molecular weight excluding hydrogens is 340 g/mol. The van der Waals surface area contributed by atoms with E-state index in [1.807, 2.05) is 42.6 Å². The van der Waals surface area contributed by atoms with E-state index in [0.717, 1.165) is 16.5 Å². The number of hydrogen-bond acceptors (Lipinski definition) is 3. The van der Waals surface area contributed by atoms with E-state index in [9.17, 15) is 9.59 Å². The molecule has 5 nitrogen and oxygen atoms in total. The highest BCUT2D eigenvalue weighted by molar-refractivity contribution is 6.24. The average molecular weight is 360 g/mol. The second-order valence-corrected chi connectivity index (χ2v) is 6.54. The topological polar surface area (TPSA) is 51.5 Å². The van der Waals surface area contributed by atoms with Crippen LogP contribution in [0.5, 0.6) is 5.75 Å². The Morgan fingerprint density at radius 3 is 2.67 bits per heavy atom. The number of rotatable bonds is 5. The van der Waals surface area contributed by atoms with Gasteiger partial charge in [0.2, 0.25) is 11.8 Å². The molecule has 2 aromatic carbocycles. The van der Waals surface area contributed by atoms with Crippen LogP contribution in [0.4, 0.5) is 5.69 Å². The summed E-state index contributed by atoms with van der Waals surface area (Å²) in [6.45, 7) is 4.45. The van der Waals surface area contributed by atoms with Crippen LogP contribution in [0.15, 0.2) is 67.4 Å². The van der Waals surface area contributed by atoms with Gasteiger partial charge >= 0.3 is 0 Å². The molecule has 27 heavy (non-hydrogen) atoms. The van der Waals surface area contributed by atoms with E-state index in [2.05, 4.69) is 11.1 Å². The van der Waals surface area contributed by atoms with Crippen molar-refractivity contribution in [3.8, 4) is 5.75 Å². The maximum absolute atomic E-state index is 13.2.